The zero-order chi connectivity index (χ0) is 17.5. The van der Waals surface area contributed by atoms with Gasteiger partial charge in [-0.15, -0.1) is 0 Å². The van der Waals surface area contributed by atoms with Crippen LogP contribution in [0, 0.1) is 11.3 Å². The van der Waals surface area contributed by atoms with Crippen molar-refractivity contribution in [1.82, 2.24) is 10.6 Å². The number of rotatable bonds is 8. The van der Waals surface area contributed by atoms with Gasteiger partial charge in [0.1, 0.15) is 0 Å². The summed E-state index contributed by atoms with van der Waals surface area (Å²) in [6, 6.07) is 9.38. The van der Waals surface area contributed by atoms with E-state index in [4.69, 9.17) is 0 Å². The summed E-state index contributed by atoms with van der Waals surface area (Å²) in [5.74, 6) is -0.323. The Morgan fingerprint density at radius 3 is 2.26 bits per heavy atom. The Labute approximate surface area is 138 Å². The number of nitrogens with one attached hydrogen (secondary N) is 2. The van der Waals surface area contributed by atoms with Crippen molar-refractivity contribution in [2.45, 2.75) is 40.2 Å². The number of benzene rings is 1. The number of carbonyl (C=O) groups excluding carboxylic acids is 2. The zero-order valence-electron chi connectivity index (χ0n) is 14.4. The lowest BCUT2D eigenvalue weighted by molar-refractivity contribution is -0.126. The number of hydrogen-bond donors (Lipinski definition) is 3. The highest BCUT2D eigenvalue weighted by atomic mass is 16.3. The first-order valence-electron chi connectivity index (χ1n) is 7.98. The molecule has 5 heteroatoms. The summed E-state index contributed by atoms with van der Waals surface area (Å²) < 4.78 is 0. The quantitative estimate of drug-likeness (QED) is 0.679. The summed E-state index contributed by atoms with van der Waals surface area (Å²) in [5, 5.41) is 15.5. The van der Waals surface area contributed by atoms with Gasteiger partial charge >= 0.3 is 0 Å². The summed E-state index contributed by atoms with van der Waals surface area (Å²) in [5.41, 5.74) is 0.490. The Morgan fingerprint density at radius 2 is 1.70 bits per heavy atom. The molecule has 2 amide bonds. The van der Waals surface area contributed by atoms with Gasteiger partial charge in [-0.1, -0.05) is 58.0 Å². The molecular weight excluding hydrogens is 292 g/mol. The third-order valence-corrected chi connectivity index (χ3v) is 3.83. The normalized spacial score (nSPS) is 12.8. The van der Waals surface area contributed by atoms with E-state index in [9.17, 15) is 14.7 Å². The zero-order valence-corrected chi connectivity index (χ0v) is 14.4. The van der Waals surface area contributed by atoms with Crippen molar-refractivity contribution in [2.75, 3.05) is 13.1 Å². The fourth-order valence-corrected chi connectivity index (χ4v) is 2.42. The first kappa shape index (κ1) is 19.2. The number of aliphatic hydroxyl groups excluding tert-OH is 1. The molecule has 1 aromatic carbocycles. The van der Waals surface area contributed by atoms with E-state index in [0.717, 1.165) is 5.56 Å². The van der Waals surface area contributed by atoms with Crippen molar-refractivity contribution in [3.63, 3.8) is 0 Å². The number of carbonyl (C=O) groups is 2. The van der Waals surface area contributed by atoms with Crippen molar-refractivity contribution in [1.29, 1.82) is 0 Å². The standard InChI is InChI=1S/C18H28N2O3/c1-13(2)17(23)18(3,4)12-20-16(22)11-19-15(21)10-14-8-6-5-7-9-14/h5-9,13,17,23H,10-12H2,1-4H3,(H,19,21)(H,20,22). The minimum atomic E-state index is -0.504. The smallest absolute Gasteiger partial charge is 0.239 e. The molecular formula is C18H28N2O3. The largest absolute Gasteiger partial charge is 0.392 e. The number of amides is 2. The molecule has 1 unspecified atom stereocenters. The SMILES string of the molecule is CC(C)C(O)C(C)(C)CNC(=O)CNC(=O)Cc1ccccc1. The Morgan fingerprint density at radius 1 is 1.09 bits per heavy atom. The van der Waals surface area contributed by atoms with E-state index in [1.54, 1.807) is 0 Å². The maximum Gasteiger partial charge on any atom is 0.239 e. The van der Waals surface area contributed by atoms with Gasteiger partial charge in [0.2, 0.25) is 11.8 Å². The van der Waals surface area contributed by atoms with Crippen LogP contribution in [0.4, 0.5) is 0 Å². The minimum absolute atomic E-state index is 0.0560. The maximum atomic E-state index is 11.8. The highest BCUT2D eigenvalue weighted by Gasteiger charge is 2.30. The van der Waals surface area contributed by atoms with Crippen molar-refractivity contribution in [2.24, 2.45) is 11.3 Å². The van der Waals surface area contributed by atoms with Gasteiger partial charge in [0.25, 0.3) is 0 Å². The van der Waals surface area contributed by atoms with Crippen LogP contribution in [0.3, 0.4) is 0 Å². The van der Waals surface area contributed by atoms with Crippen LogP contribution in [-0.4, -0.2) is 36.1 Å². The van der Waals surface area contributed by atoms with Crippen molar-refractivity contribution < 1.29 is 14.7 Å². The predicted octanol–water partition coefficient (Wildman–Crippen LogP) is 1.50. The average molecular weight is 320 g/mol. The second-order valence-corrected chi connectivity index (χ2v) is 6.89. The van der Waals surface area contributed by atoms with Gasteiger partial charge in [0, 0.05) is 12.0 Å². The van der Waals surface area contributed by atoms with Crippen LogP contribution in [0.15, 0.2) is 30.3 Å². The van der Waals surface area contributed by atoms with Gasteiger partial charge in [-0.05, 0) is 11.5 Å². The third kappa shape index (κ3) is 6.82. The van der Waals surface area contributed by atoms with Crippen LogP contribution in [0.25, 0.3) is 0 Å². The van der Waals surface area contributed by atoms with Gasteiger partial charge in [-0.3, -0.25) is 9.59 Å². The topological polar surface area (TPSA) is 78.4 Å². The highest BCUT2D eigenvalue weighted by molar-refractivity contribution is 5.85. The van der Waals surface area contributed by atoms with Gasteiger partial charge in [-0.25, -0.2) is 0 Å². The second kappa shape index (κ2) is 8.67. The summed E-state index contributed by atoms with van der Waals surface area (Å²) in [4.78, 5) is 23.6. The molecule has 128 valence electrons. The van der Waals surface area contributed by atoms with Gasteiger partial charge < -0.3 is 15.7 Å². The van der Waals surface area contributed by atoms with E-state index in [-0.39, 0.29) is 30.7 Å². The summed E-state index contributed by atoms with van der Waals surface area (Å²) in [7, 11) is 0. The molecule has 3 N–H and O–H groups in total. The summed E-state index contributed by atoms with van der Waals surface area (Å²) in [6.07, 6.45) is -0.249. The van der Waals surface area contributed by atoms with Crippen LogP contribution in [-0.2, 0) is 16.0 Å². The molecule has 0 heterocycles. The first-order valence-corrected chi connectivity index (χ1v) is 7.98. The highest BCUT2D eigenvalue weighted by Crippen LogP contribution is 2.24. The molecule has 5 nitrogen and oxygen atoms in total. The Balaban J connectivity index is 2.33. The fourth-order valence-electron chi connectivity index (χ4n) is 2.42. The monoisotopic (exact) mass is 320 g/mol. The van der Waals surface area contributed by atoms with Crippen molar-refractivity contribution in [3.8, 4) is 0 Å². The molecule has 0 saturated heterocycles. The maximum absolute atomic E-state index is 11.8. The summed E-state index contributed by atoms with van der Waals surface area (Å²) in [6.45, 7) is 8.01. The second-order valence-electron chi connectivity index (χ2n) is 6.89. The van der Waals surface area contributed by atoms with Crippen LogP contribution < -0.4 is 10.6 Å². The summed E-state index contributed by atoms with van der Waals surface area (Å²) >= 11 is 0. The average Bonchev–Trinajstić information content (AvgIpc) is 2.51. The fraction of sp³-hybridized carbons (Fsp3) is 0.556. The molecule has 1 atom stereocenters. The van der Waals surface area contributed by atoms with E-state index >= 15 is 0 Å². The third-order valence-electron chi connectivity index (χ3n) is 3.83. The van der Waals surface area contributed by atoms with E-state index in [1.807, 2.05) is 58.0 Å². The lowest BCUT2D eigenvalue weighted by Gasteiger charge is -2.33. The Kier molecular flexibility index (Phi) is 7.23. The van der Waals surface area contributed by atoms with Crippen LogP contribution in [0.1, 0.15) is 33.3 Å². The molecule has 0 radical (unpaired) electrons. The van der Waals surface area contributed by atoms with Gasteiger partial charge in [0.05, 0.1) is 19.1 Å². The van der Waals surface area contributed by atoms with Crippen LogP contribution in [0.5, 0.6) is 0 Å². The van der Waals surface area contributed by atoms with E-state index in [2.05, 4.69) is 10.6 Å². The first-order chi connectivity index (χ1) is 10.7. The molecule has 0 bridgehead atoms. The van der Waals surface area contributed by atoms with Crippen LogP contribution in [0.2, 0.25) is 0 Å². The lowest BCUT2D eigenvalue weighted by Crippen LogP contribution is -2.46. The molecule has 0 fully saturated rings. The van der Waals surface area contributed by atoms with Gasteiger partial charge in [-0.2, -0.15) is 0 Å². The number of hydrogen-bond acceptors (Lipinski definition) is 3. The van der Waals surface area contributed by atoms with E-state index < -0.39 is 11.5 Å². The molecule has 0 spiro atoms. The molecule has 0 saturated carbocycles. The molecule has 1 aromatic rings. The van der Waals surface area contributed by atoms with Gasteiger partial charge in [0.15, 0.2) is 0 Å². The van der Waals surface area contributed by atoms with Crippen LogP contribution >= 0.6 is 0 Å². The predicted molar refractivity (Wildman–Crippen MR) is 90.8 cm³/mol. The van der Waals surface area contributed by atoms with E-state index in [0.29, 0.717) is 6.54 Å². The van der Waals surface area contributed by atoms with Crippen molar-refractivity contribution >= 4 is 11.8 Å². The molecule has 23 heavy (non-hydrogen) atoms. The van der Waals surface area contributed by atoms with Crippen molar-refractivity contribution in [3.05, 3.63) is 35.9 Å². The minimum Gasteiger partial charge on any atom is -0.392 e. The molecule has 0 aromatic heterocycles. The molecule has 0 aliphatic heterocycles. The lowest BCUT2D eigenvalue weighted by atomic mass is 9.81. The van der Waals surface area contributed by atoms with E-state index in [1.165, 1.54) is 0 Å². The molecule has 0 aliphatic rings. The number of aliphatic hydroxyl groups is 1. The molecule has 0 aliphatic carbocycles. The Bertz CT molecular complexity index is 512. The Hall–Kier alpha value is -1.88. The molecule has 1 rings (SSSR count).